The lowest BCUT2D eigenvalue weighted by Crippen LogP contribution is -2.32. The van der Waals surface area contributed by atoms with Gasteiger partial charge in [0.05, 0.1) is 6.61 Å². The Morgan fingerprint density at radius 2 is 1.78 bits per heavy atom. The van der Waals surface area contributed by atoms with Gasteiger partial charge in [0.1, 0.15) is 5.75 Å². The van der Waals surface area contributed by atoms with Gasteiger partial charge in [-0.25, -0.2) is 0 Å². The first-order valence-corrected chi connectivity index (χ1v) is 6.07. The Kier molecular flexibility index (Phi) is 1.91. The third kappa shape index (κ3) is 1.27. The molecule has 2 aliphatic heterocycles. The highest BCUT2D eigenvalue weighted by atomic mass is 16.7. The number of hydrogen-bond donors (Lipinski definition) is 0. The van der Waals surface area contributed by atoms with E-state index in [9.17, 15) is 0 Å². The first-order valence-electron chi connectivity index (χ1n) is 6.07. The van der Waals surface area contributed by atoms with Gasteiger partial charge in [-0.2, -0.15) is 0 Å². The molecule has 2 heterocycles. The molecule has 0 amide bonds. The van der Waals surface area contributed by atoms with E-state index in [4.69, 9.17) is 9.47 Å². The largest absolute Gasteiger partial charge is 0.454 e. The quantitative estimate of drug-likeness (QED) is 0.697. The van der Waals surface area contributed by atoms with Crippen LogP contribution < -0.4 is 4.74 Å². The Morgan fingerprint density at radius 1 is 0.944 bits per heavy atom. The fourth-order valence-corrected chi connectivity index (χ4v) is 2.58. The van der Waals surface area contributed by atoms with Crippen LogP contribution in [0.5, 0.6) is 5.75 Å². The van der Waals surface area contributed by atoms with Gasteiger partial charge in [-0.15, -0.1) is 0 Å². The highest BCUT2D eigenvalue weighted by molar-refractivity contribution is 5.62. The Hall–Kier alpha value is -2.06. The van der Waals surface area contributed by atoms with Crippen molar-refractivity contribution in [1.29, 1.82) is 0 Å². The molecule has 2 nitrogen and oxygen atoms in total. The maximum atomic E-state index is 6.10. The van der Waals surface area contributed by atoms with E-state index in [1.54, 1.807) is 0 Å². The number of hydrogen-bond acceptors (Lipinski definition) is 2. The second-order valence-corrected chi connectivity index (χ2v) is 4.59. The van der Waals surface area contributed by atoms with Crippen LogP contribution in [0.3, 0.4) is 0 Å². The van der Waals surface area contributed by atoms with E-state index in [1.165, 1.54) is 5.56 Å². The predicted octanol–water partition coefficient (Wildman–Crippen LogP) is 3.48. The minimum absolute atomic E-state index is 0.600. The van der Waals surface area contributed by atoms with E-state index in [2.05, 4.69) is 18.2 Å². The molecule has 0 saturated carbocycles. The van der Waals surface area contributed by atoms with Gasteiger partial charge < -0.3 is 9.47 Å². The molecular formula is C16H12O2. The van der Waals surface area contributed by atoms with Gasteiger partial charge in [-0.3, -0.25) is 0 Å². The molecule has 1 atom stereocenters. The van der Waals surface area contributed by atoms with Crippen molar-refractivity contribution >= 4 is 6.08 Å². The lowest BCUT2D eigenvalue weighted by molar-refractivity contribution is -0.145. The Morgan fingerprint density at radius 3 is 2.78 bits per heavy atom. The molecule has 0 saturated heterocycles. The van der Waals surface area contributed by atoms with Crippen molar-refractivity contribution in [2.45, 2.75) is 12.4 Å². The summed E-state index contributed by atoms with van der Waals surface area (Å²) in [4.78, 5) is 0. The van der Waals surface area contributed by atoms with Gasteiger partial charge >= 0.3 is 0 Å². The highest BCUT2D eigenvalue weighted by Gasteiger charge is 2.42. The van der Waals surface area contributed by atoms with E-state index >= 15 is 0 Å². The standard InChI is InChI=1S/C16H12O2/c1-3-7-14-13(6-1)11-17-16(14)10-9-12-5-2-4-8-15(12)18-16/h1-10H,11H2. The fourth-order valence-electron chi connectivity index (χ4n) is 2.58. The van der Waals surface area contributed by atoms with Crippen LogP contribution in [0, 0.1) is 0 Å². The predicted molar refractivity (Wildman–Crippen MR) is 69.0 cm³/mol. The molecule has 0 bridgehead atoms. The summed E-state index contributed by atoms with van der Waals surface area (Å²) in [5.41, 5.74) is 3.40. The van der Waals surface area contributed by atoms with Crippen molar-refractivity contribution in [3.05, 3.63) is 71.3 Å². The average molecular weight is 236 g/mol. The van der Waals surface area contributed by atoms with Crippen LogP contribution >= 0.6 is 0 Å². The van der Waals surface area contributed by atoms with E-state index < -0.39 is 5.79 Å². The number of benzene rings is 2. The molecule has 4 rings (SSSR count). The van der Waals surface area contributed by atoms with Crippen LogP contribution in [0.25, 0.3) is 6.08 Å². The zero-order chi connectivity index (χ0) is 12.0. The third-order valence-corrected chi connectivity index (χ3v) is 3.50. The van der Waals surface area contributed by atoms with E-state index in [0.29, 0.717) is 6.61 Å². The van der Waals surface area contributed by atoms with Crippen LogP contribution in [0.4, 0.5) is 0 Å². The molecular weight excluding hydrogens is 224 g/mol. The summed E-state index contributed by atoms with van der Waals surface area (Å²) >= 11 is 0. The number of ether oxygens (including phenoxy) is 2. The van der Waals surface area contributed by atoms with Crippen molar-refractivity contribution in [1.82, 2.24) is 0 Å². The molecule has 2 aromatic carbocycles. The topological polar surface area (TPSA) is 18.5 Å². The normalized spacial score (nSPS) is 23.6. The average Bonchev–Trinajstić information content (AvgIpc) is 2.78. The van der Waals surface area contributed by atoms with Gasteiger partial charge in [-0.05, 0) is 23.8 Å². The maximum absolute atomic E-state index is 6.10. The molecule has 1 spiro atoms. The molecule has 0 radical (unpaired) electrons. The molecule has 2 aliphatic rings. The van der Waals surface area contributed by atoms with Crippen LogP contribution in [0.15, 0.2) is 54.6 Å². The number of fused-ring (bicyclic) bond motifs is 3. The van der Waals surface area contributed by atoms with Gasteiger partial charge in [0.2, 0.25) is 0 Å². The van der Waals surface area contributed by atoms with E-state index in [0.717, 1.165) is 16.9 Å². The molecule has 18 heavy (non-hydrogen) atoms. The summed E-state index contributed by atoms with van der Waals surface area (Å²) in [5, 5.41) is 0. The van der Waals surface area contributed by atoms with Crippen molar-refractivity contribution < 1.29 is 9.47 Å². The molecule has 2 heteroatoms. The van der Waals surface area contributed by atoms with Crippen molar-refractivity contribution in [3.8, 4) is 5.75 Å². The summed E-state index contributed by atoms with van der Waals surface area (Å²) in [7, 11) is 0. The van der Waals surface area contributed by atoms with Gasteiger partial charge in [-0.1, -0.05) is 42.5 Å². The summed E-state index contributed by atoms with van der Waals surface area (Å²) in [6, 6.07) is 16.2. The Labute approximate surface area is 105 Å². The molecule has 0 fully saturated rings. The number of rotatable bonds is 0. The number of para-hydroxylation sites is 1. The smallest absolute Gasteiger partial charge is 0.258 e. The SMILES string of the molecule is C1=CC2(OCc3ccccc32)Oc2ccccc21. The Balaban J connectivity index is 1.86. The molecule has 0 aliphatic carbocycles. The zero-order valence-corrected chi connectivity index (χ0v) is 9.80. The third-order valence-electron chi connectivity index (χ3n) is 3.50. The van der Waals surface area contributed by atoms with Crippen LogP contribution in [0.2, 0.25) is 0 Å². The monoisotopic (exact) mass is 236 g/mol. The molecule has 2 aromatic rings. The van der Waals surface area contributed by atoms with Gasteiger partial charge in [0, 0.05) is 11.1 Å². The van der Waals surface area contributed by atoms with Crippen LogP contribution in [-0.4, -0.2) is 0 Å². The van der Waals surface area contributed by atoms with Gasteiger partial charge in [0.15, 0.2) is 0 Å². The van der Waals surface area contributed by atoms with E-state index in [1.807, 2.05) is 42.5 Å². The summed E-state index contributed by atoms with van der Waals surface area (Å²) in [5.74, 6) is 0.141. The second kappa shape index (κ2) is 3.47. The highest BCUT2D eigenvalue weighted by Crippen LogP contribution is 2.43. The molecule has 0 aromatic heterocycles. The Bertz CT molecular complexity index is 645. The second-order valence-electron chi connectivity index (χ2n) is 4.59. The van der Waals surface area contributed by atoms with Crippen LogP contribution in [0.1, 0.15) is 16.7 Å². The minimum atomic E-state index is -0.731. The summed E-state index contributed by atoms with van der Waals surface area (Å²) in [6.45, 7) is 0.600. The summed E-state index contributed by atoms with van der Waals surface area (Å²) < 4.78 is 12.0. The first-order chi connectivity index (χ1) is 8.87. The molecule has 88 valence electrons. The first kappa shape index (κ1) is 9.92. The van der Waals surface area contributed by atoms with Crippen molar-refractivity contribution in [2.24, 2.45) is 0 Å². The van der Waals surface area contributed by atoms with Crippen molar-refractivity contribution in [3.63, 3.8) is 0 Å². The van der Waals surface area contributed by atoms with E-state index in [-0.39, 0.29) is 0 Å². The van der Waals surface area contributed by atoms with Crippen molar-refractivity contribution in [2.75, 3.05) is 0 Å². The fraction of sp³-hybridized carbons (Fsp3) is 0.125. The maximum Gasteiger partial charge on any atom is 0.258 e. The zero-order valence-electron chi connectivity index (χ0n) is 9.80. The molecule has 1 unspecified atom stereocenters. The van der Waals surface area contributed by atoms with Gasteiger partial charge in [0.25, 0.3) is 5.79 Å². The van der Waals surface area contributed by atoms with Crippen LogP contribution in [-0.2, 0) is 17.1 Å². The summed E-state index contributed by atoms with van der Waals surface area (Å²) in [6.07, 6.45) is 4.07. The molecule has 0 N–H and O–H groups in total. The lowest BCUT2D eigenvalue weighted by Gasteiger charge is -2.31. The lowest BCUT2D eigenvalue weighted by atomic mass is 9.99. The minimum Gasteiger partial charge on any atom is -0.454 e.